The number of guanidine groups is 1. The Morgan fingerprint density at radius 2 is 1.84 bits per heavy atom. The summed E-state index contributed by atoms with van der Waals surface area (Å²) in [6.07, 6.45) is 3.52. The molecule has 0 aromatic carbocycles. The fourth-order valence-corrected chi connectivity index (χ4v) is 2.01. The molecule has 1 unspecified atom stereocenters. The molecule has 0 aromatic heterocycles. The lowest BCUT2D eigenvalue weighted by atomic mass is 10.2. The highest BCUT2D eigenvalue weighted by Crippen LogP contribution is 1.99. The summed E-state index contributed by atoms with van der Waals surface area (Å²) < 4.78 is 0. The minimum absolute atomic E-state index is 0.477. The first kappa shape index (κ1) is 18.2. The van der Waals surface area contributed by atoms with Gasteiger partial charge in [-0.3, -0.25) is 4.99 Å². The van der Waals surface area contributed by atoms with Gasteiger partial charge in [0, 0.05) is 19.1 Å². The number of hydrogen-bond donors (Lipinski definition) is 2. The van der Waals surface area contributed by atoms with Gasteiger partial charge in [0.05, 0.1) is 0 Å². The molecule has 0 spiro atoms. The first-order valence-electron chi connectivity index (χ1n) is 7.94. The van der Waals surface area contributed by atoms with E-state index in [9.17, 15) is 0 Å². The zero-order valence-corrected chi connectivity index (χ0v) is 13.6. The summed E-state index contributed by atoms with van der Waals surface area (Å²) in [5, 5.41) is 6.78. The number of rotatable bonds is 10. The minimum Gasteiger partial charge on any atom is -0.357 e. The van der Waals surface area contributed by atoms with Gasteiger partial charge in [-0.1, -0.05) is 20.8 Å². The van der Waals surface area contributed by atoms with Crippen LogP contribution in [0.2, 0.25) is 0 Å². The van der Waals surface area contributed by atoms with Gasteiger partial charge in [0.15, 0.2) is 5.96 Å². The van der Waals surface area contributed by atoms with Crippen molar-refractivity contribution in [3.63, 3.8) is 0 Å². The van der Waals surface area contributed by atoms with E-state index < -0.39 is 0 Å². The highest BCUT2D eigenvalue weighted by Gasteiger charge is 2.06. The number of nitrogens with one attached hydrogen (secondary N) is 2. The predicted molar refractivity (Wildman–Crippen MR) is 85.9 cm³/mol. The van der Waals surface area contributed by atoms with Gasteiger partial charge >= 0.3 is 0 Å². The highest BCUT2D eigenvalue weighted by atomic mass is 15.2. The van der Waals surface area contributed by atoms with Crippen molar-refractivity contribution in [3.8, 4) is 0 Å². The Labute approximate surface area is 120 Å². The van der Waals surface area contributed by atoms with E-state index in [1.165, 1.54) is 19.4 Å². The Hall–Kier alpha value is -0.770. The molecule has 4 heteroatoms. The summed E-state index contributed by atoms with van der Waals surface area (Å²) >= 11 is 0. The first-order chi connectivity index (χ1) is 9.17. The minimum atomic E-state index is 0.477. The molecular weight excluding hydrogens is 236 g/mol. The van der Waals surface area contributed by atoms with Crippen LogP contribution in [-0.4, -0.2) is 49.6 Å². The lowest BCUT2D eigenvalue weighted by Gasteiger charge is -2.21. The van der Waals surface area contributed by atoms with Crippen molar-refractivity contribution in [2.24, 2.45) is 4.99 Å². The van der Waals surface area contributed by atoms with Gasteiger partial charge in [0.1, 0.15) is 0 Å². The van der Waals surface area contributed by atoms with Crippen LogP contribution >= 0.6 is 0 Å². The average Bonchev–Trinajstić information content (AvgIpc) is 2.41. The van der Waals surface area contributed by atoms with E-state index in [-0.39, 0.29) is 0 Å². The quantitative estimate of drug-likeness (QED) is 0.473. The third-order valence-corrected chi connectivity index (χ3v) is 3.23. The average molecular weight is 270 g/mol. The molecule has 0 aliphatic heterocycles. The Bertz CT molecular complexity index is 224. The van der Waals surface area contributed by atoms with Gasteiger partial charge in [-0.05, 0) is 52.7 Å². The lowest BCUT2D eigenvalue weighted by Crippen LogP contribution is -2.42. The maximum atomic E-state index is 4.53. The van der Waals surface area contributed by atoms with Crippen molar-refractivity contribution in [2.45, 2.75) is 59.9 Å². The Kier molecular flexibility index (Phi) is 11.8. The predicted octanol–water partition coefficient (Wildman–Crippen LogP) is 2.46. The molecule has 0 saturated heterocycles. The largest absolute Gasteiger partial charge is 0.357 e. The van der Waals surface area contributed by atoms with Crippen molar-refractivity contribution in [1.82, 2.24) is 15.5 Å². The lowest BCUT2D eigenvalue weighted by molar-refractivity contribution is 0.292. The van der Waals surface area contributed by atoms with Crippen molar-refractivity contribution < 1.29 is 0 Å². The summed E-state index contributed by atoms with van der Waals surface area (Å²) in [4.78, 5) is 7.01. The molecule has 0 rings (SSSR count). The van der Waals surface area contributed by atoms with E-state index in [0.29, 0.717) is 6.04 Å². The number of nitrogens with zero attached hydrogens (tertiary/aromatic N) is 2. The van der Waals surface area contributed by atoms with E-state index in [1.807, 2.05) is 0 Å². The molecule has 114 valence electrons. The summed E-state index contributed by atoms with van der Waals surface area (Å²) in [5.74, 6) is 0.958. The fourth-order valence-electron chi connectivity index (χ4n) is 2.01. The van der Waals surface area contributed by atoms with Crippen LogP contribution in [0.15, 0.2) is 4.99 Å². The van der Waals surface area contributed by atoms with Crippen LogP contribution in [-0.2, 0) is 0 Å². The Balaban J connectivity index is 3.95. The zero-order valence-electron chi connectivity index (χ0n) is 13.6. The van der Waals surface area contributed by atoms with E-state index in [2.05, 4.69) is 55.1 Å². The standard InChI is InChI=1S/C15H34N4/c1-6-12-17-15(16-7-2)18-14(5)11-10-13-19(8-3)9-4/h14H,6-13H2,1-5H3,(H2,16,17,18). The highest BCUT2D eigenvalue weighted by molar-refractivity contribution is 5.79. The summed E-state index contributed by atoms with van der Waals surface area (Å²) in [5.41, 5.74) is 0. The molecule has 0 radical (unpaired) electrons. The second-order valence-corrected chi connectivity index (χ2v) is 4.98. The second kappa shape index (κ2) is 12.3. The summed E-state index contributed by atoms with van der Waals surface area (Å²) in [6.45, 7) is 16.3. The molecule has 0 aromatic rings. The fraction of sp³-hybridized carbons (Fsp3) is 0.933. The van der Waals surface area contributed by atoms with Crippen molar-refractivity contribution in [1.29, 1.82) is 0 Å². The van der Waals surface area contributed by atoms with Gasteiger partial charge in [-0.25, -0.2) is 0 Å². The Morgan fingerprint density at radius 1 is 1.16 bits per heavy atom. The van der Waals surface area contributed by atoms with Crippen LogP contribution in [0.1, 0.15) is 53.9 Å². The first-order valence-corrected chi connectivity index (χ1v) is 7.94. The molecule has 0 amide bonds. The van der Waals surface area contributed by atoms with Gasteiger partial charge in [0.2, 0.25) is 0 Å². The van der Waals surface area contributed by atoms with Crippen molar-refractivity contribution in [2.75, 3.05) is 32.7 Å². The molecule has 0 aliphatic rings. The third-order valence-electron chi connectivity index (χ3n) is 3.23. The molecule has 2 N–H and O–H groups in total. The molecule has 0 fully saturated rings. The topological polar surface area (TPSA) is 39.7 Å². The van der Waals surface area contributed by atoms with Gasteiger partial charge in [-0.15, -0.1) is 0 Å². The van der Waals surface area contributed by atoms with Gasteiger partial charge in [-0.2, -0.15) is 0 Å². The van der Waals surface area contributed by atoms with Gasteiger partial charge < -0.3 is 15.5 Å². The van der Waals surface area contributed by atoms with Crippen LogP contribution in [0, 0.1) is 0 Å². The van der Waals surface area contributed by atoms with Crippen LogP contribution in [0.4, 0.5) is 0 Å². The van der Waals surface area contributed by atoms with Crippen LogP contribution in [0.5, 0.6) is 0 Å². The maximum Gasteiger partial charge on any atom is 0.191 e. The number of hydrogen-bond acceptors (Lipinski definition) is 2. The SMILES string of the molecule is CCCN=C(NCC)NC(C)CCCN(CC)CC. The van der Waals surface area contributed by atoms with E-state index in [4.69, 9.17) is 0 Å². The summed E-state index contributed by atoms with van der Waals surface area (Å²) in [6, 6.07) is 0.477. The van der Waals surface area contributed by atoms with Crippen molar-refractivity contribution in [3.05, 3.63) is 0 Å². The van der Waals surface area contributed by atoms with Crippen LogP contribution in [0.25, 0.3) is 0 Å². The van der Waals surface area contributed by atoms with E-state index >= 15 is 0 Å². The summed E-state index contributed by atoms with van der Waals surface area (Å²) in [7, 11) is 0. The van der Waals surface area contributed by atoms with E-state index in [1.54, 1.807) is 0 Å². The molecule has 0 bridgehead atoms. The normalized spacial score (nSPS) is 13.7. The van der Waals surface area contributed by atoms with Crippen LogP contribution < -0.4 is 10.6 Å². The monoisotopic (exact) mass is 270 g/mol. The molecule has 4 nitrogen and oxygen atoms in total. The Morgan fingerprint density at radius 3 is 2.37 bits per heavy atom. The smallest absolute Gasteiger partial charge is 0.191 e. The molecule has 0 heterocycles. The van der Waals surface area contributed by atoms with E-state index in [0.717, 1.165) is 38.6 Å². The molecule has 19 heavy (non-hydrogen) atoms. The molecule has 1 atom stereocenters. The van der Waals surface area contributed by atoms with Crippen molar-refractivity contribution >= 4 is 5.96 Å². The zero-order chi connectivity index (χ0) is 14.5. The van der Waals surface area contributed by atoms with Gasteiger partial charge in [0.25, 0.3) is 0 Å². The number of aliphatic imine (C=N–C) groups is 1. The third kappa shape index (κ3) is 9.77. The second-order valence-electron chi connectivity index (χ2n) is 4.98. The molecular formula is C15H34N4. The molecule has 0 saturated carbocycles. The van der Waals surface area contributed by atoms with Crippen LogP contribution in [0.3, 0.4) is 0 Å². The maximum absolute atomic E-state index is 4.53. The molecule has 0 aliphatic carbocycles.